The van der Waals surface area contributed by atoms with Crippen LogP contribution in [0.25, 0.3) is 17.2 Å². The fraction of sp³-hybridized carbons (Fsp3) is 0.111. The Labute approximate surface area is 129 Å². The van der Waals surface area contributed by atoms with E-state index in [1.54, 1.807) is 6.08 Å². The zero-order chi connectivity index (χ0) is 15.9. The highest BCUT2D eigenvalue weighted by molar-refractivity contribution is 5.94. The third-order valence-electron chi connectivity index (χ3n) is 3.17. The molecule has 4 nitrogen and oxygen atoms in total. The molecular weight excluding hydrogens is 278 g/mol. The minimum absolute atomic E-state index is 0.429. The molecule has 0 saturated carbocycles. The van der Waals surface area contributed by atoms with Crippen LogP contribution in [0.1, 0.15) is 12.5 Å². The molecule has 0 bridgehead atoms. The highest BCUT2D eigenvalue weighted by Gasteiger charge is 2.11. The Balaban J connectivity index is 2.01. The smallest absolute Gasteiger partial charge is 0.325 e. The van der Waals surface area contributed by atoms with E-state index in [9.17, 15) is 9.59 Å². The first-order valence-corrected chi connectivity index (χ1v) is 6.93. The van der Waals surface area contributed by atoms with Gasteiger partial charge >= 0.3 is 5.97 Å². The largest absolute Gasteiger partial charge is 0.480 e. The van der Waals surface area contributed by atoms with Crippen LogP contribution >= 0.6 is 0 Å². The van der Waals surface area contributed by atoms with Gasteiger partial charge in [0.25, 0.3) is 0 Å². The lowest BCUT2D eigenvalue weighted by Gasteiger charge is -2.06. The third-order valence-corrected chi connectivity index (χ3v) is 3.17. The Morgan fingerprint density at radius 3 is 2.18 bits per heavy atom. The van der Waals surface area contributed by atoms with Crippen molar-refractivity contribution < 1.29 is 14.7 Å². The van der Waals surface area contributed by atoms with Crippen LogP contribution in [0.2, 0.25) is 0 Å². The number of amides is 1. The van der Waals surface area contributed by atoms with Crippen LogP contribution in [0.4, 0.5) is 0 Å². The monoisotopic (exact) mass is 295 g/mol. The third kappa shape index (κ3) is 4.31. The maximum Gasteiger partial charge on any atom is 0.325 e. The molecule has 0 aliphatic heterocycles. The predicted molar refractivity (Wildman–Crippen MR) is 86.2 cm³/mol. The summed E-state index contributed by atoms with van der Waals surface area (Å²) >= 11 is 0. The fourth-order valence-electron chi connectivity index (χ4n) is 1.91. The summed E-state index contributed by atoms with van der Waals surface area (Å²) < 4.78 is 0. The first-order chi connectivity index (χ1) is 10.6. The van der Waals surface area contributed by atoms with Crippen molar-refractivity contribution in [1.82, 2.24) is 5.32 Å². The lowest BCUT2D eigenvalue weighted by atomic mass is 10.0. The van der Waals surface area contributed by atoms with Crippen molar-refractivity contribution in [3.05, 3.63) is 66.2 Å². The Morgan fingerprint density at radius 2 is 1.59 bits per heavy atom. The second-order valence-electron chi connectivity index (χ2n) is 4.89. The summed E-state index contributed by atoms with van der Waals surface area (Å²) in [4.78, 5) is 22.2. The summed E-state index contributed by atoms with van der Waals surface area (Å²) in [5, 5.41) is 11.1. The maximum absolute atomic E-state index is 11.6. The highest BCUT2D eigenvalue weighted by atomic mass is 16.4. The molecule has 4 heteroatoms. The van der Waals surface area contributed by atoms with Gasteiger partial charge in [0, 0.05) is 6.08 Å². The summed E-state index contributed by atoms with van der Waals surface area (Å²) in [6.07, 6.45) is 2.98. The van der Waals surface area contributed by atoms with Gasteiger partial charge in [-0.3, -0.25) is 9.59 Å². The van der Waals surface area contributed by atoms with Gasteiger partial charge in [0.15, 0.2) is 0 Å². The molecule has 0 aliphatic rings. The van der Waals surface area contributed by atoms with Crippen LogP contribution in [-0.4, -0.2) is 23.0 Å². The molecule has 2 N–H and O–H groups in total. The van der Waals surface area contributed by atoms with Crippen molar-refractivity contribution in [2.75, 3.05) is 0 Å². The molecule has 0 radical (unpaired) electrons. The van der Waals surface area contributed by atoms with Crippen molar-refractivity contribution in [1.29, 1.82) is 0 Å². The van der Waals surface area contributed by atoms with Gasteiger partial charge in [0.2, 0.25) is 5.91 Å². The zero-order valence-electron chi connectivity index (χ0n) is 12.2. The van der Waals surface area contributed by atoms with E-state index in [1.165, 1.54) is 13.0 Å². The summed E-state index contributed by atoms with van der Waals surface area (Å²) in [6, 6.07) is 16.9. The number of benzene rings is 2. The average Bonchev–Trinajstić information content (AvgIpc) is 2.54. The van der Waals surface area contributed by atoms with Crippen molar-refractivity contribution in [3.8, 4) is 11.1 Å². The second kappa shape index (κ2) is 7.22. The summed E-state index contributed by atoms with van der Waals surface area (Å²) in [5.41, 5.74) is 3.10. The van der Waals surface area contributed by atoms with E-state index in [4.69, 9.17) is 5.11 Å². The quantitative estimate of drug-likeness (QED) is 0.833. The first-order valence-electron chi connectivity index (χ1n) is 6.93. The van der Waals surface area contributed by atoms with E-state index in [-0.39, 0.29) is 0 Å². The van der Waals surface area contributed by atoms with E-state index < -0.39 is 17.9 Å². The molecule has 0 saturated heterocycles. The molecule has 0 heterocycles. The van der Waals surface area contributed by atoms with Crippen molar-refractivity contribution in [2.45, 2.75) is 13.0 Å². The molecular formula is C18H17NO3. The van der Waals surface area contributed by atoms with Crippen LogP contribution in [0.15, 0.2) is 60.7 Å². The van der Waals surface area contributed by atoms with Crippen LogP contribution in [0.5, 0.6) is 0 Å². The molecule has 1 amide bonds. The zero-order valence-corrected chi connectivity index (χ0v) is 12.2. The van der Waals surface area contributed by atoms with Gasteiger partial charge in [0.05, 0.1) is 0 Å². The van der Waals surface area contributed by atoms with Crippen molar-refractivity contribution >= 4 is 18.0 Å². The molecule has 22 heavy (non-hydrogen) atoms. The SMILES string of the molecule is C[C@H](NC(=O)C=Cc1ccc(-c2ccccc2)cc1)C(=O)O. The van der Waals surface area contributed by atoms with Crippen LogP contribution in [0.3, 0.4) is 0 Å². The molecule has 2 aromatic rings. The number of carbonyl (C=O) groups excluding carboxylic acids is 1. The Bertz CT molecular complexity index is 675. The highest BCUT2D eigenvalue weighted by Crippen LogP contribution is 2.19. The van der Waals surface area contributed by atoms with Gasteiger partial charge in [-0.05, 0) is 29.7 Å². The molecule has 2 aromatic carbocycles. The molecule has 0 fully saturated rings. The van der Waals surface area contributed by atoms with E-state index in [1.807, 2.05) is 54.6 Å². The molecule has 0 aromatic heterocycles. The second-order valence-corrected chi connectivity index (χ2v) is 4.89. The summed E-state index contributed by atoms with van der Waals surface area (Å²) in [5.74, 6) is -1.49. The Kier molecular flexibility index (Phi) is 5.09. The van der Waals surface area contributed by atoms with Crippen LogP contribution in [-0.2, 0) is 9.59 Å². The number of hydrogen-bond donors (Lipinski definition) is 2. The van der Waals surface area contributed by atoms with Gasteiger partial charge in [-0.2, -0.15) is 0 Å². The topological polar surface area (TPSA) is 66.4 Å². The van der Waals surface area contributed by atoms with E-state index in [0.717, 1.165) is 16.7 Å². The number of aliphatic carboxylic acids is 1. The van der Waals surface area contributed by atoms with Crippen molar-refractivity contribution in [3.63, 3.8) is 0 Å². The standard InChI is InChI=1S/C18H17NO3/c1-13(18(21)22)19-17(20)12-9-14-7-10-16(11-8-14)15-5-3-2-4-6-15/h2-13H,1H3,(H,19,20)(H,21,22)/t13-/m0/s1. The number of carboxylic acid groups (broad SMARTS) is 1. The minimum Gasteiger partial charge on any atom is -0.480 e. The molecule has 0 spiro atoms. The van der Waals surface area contributed by atoms with E-state index >= 15 is 0 Å². The van der Waals surface area contributed by atoms with Crippen LogP contribution in [0, 0.1) is 0 Å². The maximum atomic E-state index is 11.6. The molecule has 112 valence electrons. The normalized spacial score (nSPS) is 12.0. The average molecular weight is 295 g/mol. The predicted octanol–water partition coefficient (Wildman–Crippen LogP) is 2.96. The van der Waals surface area contributed by atoms with E-state index in [0.29, 0.717) is 0 Å². The molecule has 1 atom stereocenters. The number of rotatable bonds is 5. The number of carbonyl (C=O) groups is 2. The van der Waals surface area contributed by atoms with Gasteiger partial charge in [-0.15, -0.1) is 0 Å². The van der Waals surface area contributed by atoms with Gasteiger partial charge in [0.1, 0.15) is 6.04 Å². The summed E-state index contributed by atoms with van der Waals surface area (Å²) in [6.45, 7) is 1.42. The lowest BCUT2D eigenvalue weighted by Crippen LogP contribution is -2.37. The number of carboxylic acids is 1. The van der Waals surface area contributed by atoms with Gasteiger partial charge < -0.3 is 10.4 Å². The molecule has 2 rings (SSSR count). The molecule has 0 aliphatic carbocycles. The van der Waals surface area contributed by atoms with Crippen molar-refractivity contribution in [2.24, 2.45) is 0 Å². The Morgan fingerprint density at radius 1 is 1.00 bits per heavy atom. The van der Waals surface area contributed by atoms with Crippen LogP contribution < -0.4 is 5.32 Å². The number of nitrogens with one attached hydrogen (secondary N) is 1. The summed E-state index contributed by atoms with van der Waals surface area (Å²) in [7, 11) is 0. The van der Waals surface area contributed by atoms with E-state index in [2.05, 4.69) is 5.32 Å². The minimum atomic E-state index is -1.06. The Hall–Kier alpha value is -2.88. The van der Waals surface area contributed by atoms with Gasteiger partial charge in [-0.25, -0.2) is 0 Å². The van der Waals surface area contributed by atoms with Gasteiger partial charge in [-0.1, -0.05) is 54.6 Å². The fourth-order valence-corrected chi connectivity index (χ4v) is 1.91. The first kappa shape index (κ1) is 15.5. The molecule has 0 unspecified atom stereocenters. The lowest BCUT2D eigenvalue weighted by molar-refractivity contribution is -0.140. The number of hydrogen-bond acceptors (Lipinski definition) is 2.